The maximum Gasteiger partial charge on any atom is 0.329 e. The van der Waals surface area contributed by atoms with Gasteiger partial charge in [0, 0.05) is 18.8 Å². The maximum absolute atomic E-state index is 12.0. The van der Waals surface area contributed by atoms with Crippen molar-refractivity contribution >= 4 is 29.5 Å². The fourth-order valence-corrected chi connectivity index (χ4v) is 2.30. The number of urea groups is 1. The Morgan fingerprint density at radius 3 is 2.73 bits per heavy atom. The molecule has 1 N–H and O–H groups in total. The summed E-state index contributed by atoms with van der Waals surface area (Å²) in [4.78, 5) is 36.8. The summed E-state index contributed by atoms with van der Waals surface area (Å²) in [6, 6.07) is 7.81. The van der Waals surface area contributed by atoms with Crippen molar-refractivity contribution in [3.63, 3.8) is 0 Å². The Morgan fingerprint density at radius 1 is 1.32 bits per heavy atom. The Hall–Kier alpha value is -2.08. The predicted octanol–water partition coefficient (Wildman–Crippen LogP) is 1.67. The highest BCUT2D eigenvalue weighted by atomic mass is 35.5. The molecule has 0 spiro atoms. The second-order valence-electron chi connectivity index (χ2n) is 4.87. The number of alkyl halides is 1. The van der Waals surface area contributed by atoms with Gasteiger partial charge in [-0.05, 0) is 12.0 Å². The lowest BCUT2D eigenvalue weighted by molar-refractivity contribution is -0.147. The number of imide groups is 1. The second kappa shape index (κ2) is 7.79. The molecule has 118 valence electrons. The Bertz CT molecular complexity index is 550. The van der Waals surface area contributed by atoms with Crippen molar-refractivity contribution in [3.05, 3.63) is 35.9 Å². The second-order valence-corrected chi connectivity index (χ2v) is 5.25. The van der Waals surface area contributed by atoms with E-state index in [1.807, 2.05) is 30.3 Å². The van der Waals surface area contributed by atoms with Crippen LogP contribution in [0.1, 0.15) is 18.4 Å². The highest BCUT2D eigenvalue weighted by Gasteiger charge is 2.32. The van der Waals surface area contributed by atoms with Crippen LogP contribution in [0.5, 0.6) is 0 Å². The van der Waals surface area contributed by atoms with Crippen LogP contribution in [-0.4, -0.2) is 41.3 Å². The normalized spacial score (nSPS) is 18.6. The summed E-state index contributed by atoms with van der Waals surface area (Å²) in [7, 11) is 0. The molecular formula is C15H17ClN2O4. The van der Waals surface area contributed by atoms with Gasteiger partial charge in [-0.3, -0.25) is 9.69 Å². The van der Waals surface area contributed by atoms with Crippen molar-refractivity contribution in [2.45, 2.75) is 25.5 Å². The van der Waals surface area contributed by atoms with Crippen LogP contribution in [0, 0.1) is 0 Å². The molecular weight excluding hydrogens is 308 g/mol. The van der Waals surface area contributed by atoms with Crippen molar-refractivity contribution in [2.75, 3.05) is 12.4 Å². The number of benzene rings is 1. The fraction of sp³-hybridized carbons (Fsp3) is 0.400. The number of hydrogen-bond acceptors (Lipinski definition) is 4. The molecule has 1 aromatic rings. The molecule has 1 saturated heterocycles. The van der Waals surface area contributed by atoms with Gasteiger partial charge < -0.3 is 10.1 Å². The van der Waals surface area contributed by atoms with Crippen molar-refractivity contribution < 1.29 is 19.1 Å². The zero-order chi connectivity index (χ0) is 15.9. The molecule has 2 rings (SSSR count). The van der Waals surface area contributed by atoms with Crippen molar-refractivity contribution in [1.29, 1.82) is 0 Å². The SMILES string of the molecule is O=C(OCc1ccccc1)C1CCC(=O)N(CCCl)C(=O)N1. The molecule has 7 heteroatoms. The summed E-state index contributed by atoms with van der Waals surface area (Å²) in [5.41, 5.74) is 0.857. The third kappa shape index (κ3) is 4.21. The molecule has 22 heavy (non-hydrogen) atoms. The van der Waals surface area contributed by atoms with E-state index in [4.69, 9.17) is 16.3 Å². The standard InChI is InChI=1S/C15H17ClN2O4/c16-8-9-18-13(19)7-6-12(17-15(18)21)14(20)22-10-11-4-2-1-3-5-11/h1-5,12H,6-10H2,(H,17,21). The fourth-order valence-electron chi connectivity index (χ4n) is 2.13. The molecule has 1 aromatic carbocycles. The number of halogens is 1. The molecule has 6 nitrogen and oxygen atoms in total. The lowest BCUT2D eigenvalue weighted by atomic mass is 10.1. The minimum atomic E-state index is -0.819. The van der Waals surface area contributed by atoms with Crippen molar-refractivity contribution in [1.82, 2.24) is 10.2 Å². The molecule has 1 heterocycles. The first-order chi connectivity index (χ1) is 10.6. The Labute approximate surface area is 133 Å². The van der Waals surface area contributed by atoms with E-state index in [-0.39, 0.29) is 37.8 Å². The summed E-state index contributed by atoms with van der Waals surface area (Å²) in [5.74, 6) is -0.725. The molecule has 1 unspecified atom stereocenters. The van der Waals surface area contributed by atoms with E-state index in [1.54, 1.807) is 0 Å². The van der Waals surface area contributed by atoms with Gasteiger partial charge in [0.15, 0.2) is 0 Å². The van der Waals surface area contributed by atoms with E-state index in [2.05, 4.69) is 5.32 Å². The number of ether oxygens (including phenoxy) is 1. The Morgan fingerprint density at radius 2 is 2.05 bits per heavy atom. The van der Waals surface area contributed by atoms with Gasteiger partial charge in [-0.25, -0.2) is 9.59 Å². The van der Waals surface area contributed by atoms with E-state index < -0.39 is 18.0 Å². The first-order valence-corrected chi connectivity index (χ1v) is 7.52. The molecule has 3 amide bonds. The summed E-state index contributed by atoms with van der Waals surface area (Å²) in [6.45, 7) is 0.253. The van der Waals surface area contributed by atoms with Gasteiger partial charge >= 0.3 is 12.0 Å². The van der Waals surface area contributed by atoms with Gasteiger partial charge in [-0.2, -0.15) is 0 Å². The van der Waals surface area contributed by atoms with E-state index in [0.29, 0.717) is 0 Å². The van der Waals surface area contributed by atoms with Gasteiger partial charge in [0.1, 0.15) is 12.6 Å². The molecule has 1 aliphatic rings. The van der Waals surface area contributed by atoms with E-state index in [9.17, 15) is 14.4 Å². The maximum atomic E-state index is 12.0. The molecule has 0 radical (unpaired) electrons. The highest BCUT2D eigenvalue weighted by molar-refractivity contribution is 6.18. The van der Waals surface area contributed by atoms with E-state index in [1.165, 1.54) is 0 Å². The zero-order valence-electron chi connectivity index (χ0n) is 12.0. The number of amides is 3. The van der Waals surface area contributed by atoms with Crippen LogP contribution in [0.25, 0.3) is 0 Å². The van der Waals surface area contributed by atoms with Crippen LogP contribution in [0.2, 0.25) is 0 Å². The molecule has 0 saturated carbocycles. The van der Waals surface area contributed by atoms with E-state index >= 15 is 0 Å². The molecule has 0 aromatic heterocycles. The number of esters is 1. The summed E-state index contributed by atoms with van der Waals surface area (Å²) in [6.07, 6.45) is 0.317. The number of nitrogens with one attached hydrogen (secondary N) is 1. The molecule has 1 atom stereocenters. The summed E-state index contributed by atoms with van der Waals surface area (Å²) < 4.78 is 5.19. The third-order valence-corrected chi connectivity index (χ3v) is 3.48. The lowest BCUT2D eigenvalue weighted by Crippen LogP contribution is -2.47. The first kappa shape index (κ1) is 16.3. The van der Waals surface area contributed by atoms with Crippen LogP contribution in [0.15, 0.2) is 30.3 Å². The average molecular weight is 325 g/mol. The summed E-state index contributed by atoms with van der Waals surface area (Å²) in [5, 5.41) is 2.51. The minimum absolute atomic E-state index is 0.0979. The van der Waals surface area contributed by atoms with Gasteiger partial charge in [-0.1, -0.05) is 30.3 Å². The molecule has 1 aliphatic heterocycles. The number of carbonyl (C=O) groups excluding carboxylic acids is 3. The van der Waals surface area contributed by atoms with Crippen LogP contribution >= 0.6 is 11.6 Å². The largest absolute Gasteiger partial charge is 0.459 e. The van der Waals surface area contributed by atoms with Crippen LogP contribution < -0.4 is 5.32 Å². The van der Waals surface area contributed by atoms with Crippen LogP contribution in [0.3, 0.4) is 0 Å². The molecule has 0 bridgehead atoms. The smallest absolute Gasteiger partial charge is 0.329 e. The van der Waals surface area contributed by atoms with Gasteiger partial charge in [0.05, 0.1) is 0 Å². The van der Waals surface area contributed by atoms with Crippen LogP contribution in [0.4, 0.5) is 4.79 Å². The number of rotatable bonds is 5. The monoisotopic (exact) mass is 324 g/mol. The molecule has 0 aliphatic carbocycles. The van der Waals surface area contributed by atoms with Crippen molar-refractivity contribution in [2.24, 2.45) is 0 Å². The van der Waals surface area contributed by atoms with Gasteiger partial charge in [0.25, 0.3) is 0 Å². The lowest BCUT2D eigenvalue weighted by Gasteiger charge is -2.18. The van der Waals surface area contributed by atoms with Crippen LogP contribution in [-0.2, 0) is 20.9 Å². The highest BCUT2D eigenvalue weighted by Crippen LogP contribution is 2.11. The molecule has 1 fully saturated rings. The van der Waals surface area contributed by atoms with Gasteiger partial charge in [0.2, 0.25) is 5.91 Å². The minimum Gasteiger partial charge on any atom is -0.459 e. The average Bonchev–Trinajstić information content (AvgIpc) is 2.67. The number of hydrogen-bond donors (Lipinski definition) is 1. The predicted molar refractivity (Wildman–Crippen MR) is 80.2 cm³/mol. The number of nitrogens with zero attached hydrogens (tertiary/aromatic N) is 1. The Kier molecular flexibility index (Phi) is 5.77. The topological polar surface area (TPSA) is 75.7 Å². The quantitative estimate of drug-likeness (QED) is 0.660. The first-order valence-electron chi connectivity index (χ1n) is 6.99. The third-order valence-electron chi connectivity index (χ3n) is 3.31. The number of carbonyl (C=O) groups is 3. The van der Waals surface area contributed by atoms with E-state index in [0.717, 1.165) is 10.5 Å². The van der Waals surface area contributed by atoms with Gasteiger partial charge in [-0.15, -0.1) is 11.6 Å². The Balaban J connectivity index is 1.93. The van der Waals surface area contributed by atoms with Crippen molar-refractivity contribution in [3.8, 4) is 0 Å². The zero-order valence-corrected chi connectivity index (χ0v) is 12.7. The summed E-state index contributed by atoms with van der Waals surface area (Å²) >= 11 is 5.57.